The number of nitrogens with one attached hydrogen (secondary N) is 1. The molecule has 0 unspecified atom stereocenters. The number of carbonyl (C=O) groups is 1. The highest BCUT2D eigenvalue weighted by molar-refractivity contribution is 6.30. The van der Waals surface area contributed by atoms with Gasteiger partial charge in [-0.3, -0.25) is 4.79 Å². The Morgan fingerprint density at radius 2 is 1.92 bits per heavy atom. The summed E-state index contributed by atoms with van der Waals surface area (Å²) in [6, 6.07) is 13.3. The number of aromatic nitrogens is 1. The molecule has 1 amide bonds. The average molecular weight is 346 g/mol. The molecule has 0 atom stereocenters. The van der Waals surface area contributed by atoms with E-state index in [4.69, 9.17) is 0 Å². The van der Waals surface area contributed by atoms with Crippen molar-refractivity contribution in [1.29, 1.82) is 0 Å². The number of phenolic OH excluding ortho intramolecular Hbond substituents is 1. The molecule has 4 heteroatoms. The normalized spacial score (nSPS) is 12.0. The number of phenols is 1. The molecule has 3 rings (SSSR count). The number of nitrogens with zero attached hydrogens (tertiary/aromatic N) is 1. The molecule has 26 heavy (non-hydrogen) atoms. The van der Waals surface area contributed by atoms with Gasteiger partial charge in [0.25, 0.3) is 5.91 Å². The van der Waals surface area contributed by atoms with Crippen molar-refractivity contribution in [3.63, 3.8) is 0 Å². The van der Waals surface area contributed by atoms with Crippen LogP contribution in [0.3, 0.4) is 0 Å². The van der Waals surface area contributed by atoms with Gasteiger partial charge in [0.05, 0.1) is 5.57 Å². The van der Waals surface area contributed by atoms with Gasteiger partial charge in [0, 0.05) is 42.3 Å². The van der Waals surface area contributed by atoms with Crippen molar-refractivity contribution in [2.24, 2.45) is 7.05 Å². The number of hydrogen-bond donors (Lipinski definition) is 2. The molecule has 1 aromatic heterocycles. The topological polar surface area (TPSA) is 54.3 Å². The Morgan fingerprint density at radius 3 is 2.58 bits per heavy atom. The minimum absolute atomic E-state index is 0.126. The molecule has 0 aliphatic heterocycles. The number of allylic oxidation sites excluding steroid dienone is 2. The van der Waals surface area contributed by atoms with Gasteiger partial charge in [0.2, 0.25) is 0 Å². The van der Waals surface area contributed by atoms with E-state index in [9.17, 15) is 9.90 Å². The highest BCUT2D eigenvalue weighted by Gasteiger charge is 2.21. The fraction of sp³-hybridized carbons (Fsp3) is 0.136. The highest BCUT2D eigenvalue weighted by atomic mass is 16.3. The van der Waals surface area contributed by atoms with Gasteiger partial charge >= 0.3 is 0 Å². The number of aromatic hydroxyl groups is 1. The third-order valence-electron chi connectivity index (χ3n) is 4.54. The van der Waals surface area contributed by atoms with E-state index in [0.717, 1.165) is 22.0 Å². The van der Waals surface area contributed by atoms with Gasteiger partial charge in [0.1, 0.15) is 5.75 Å². The third kappa shape index (κ3) is 2.90. The maximum Gasteiger partial charge on any atom is 0.252 e. The maximum absolute atomic E-state index is 12.8. The number of fused-ring (bicyclic) bond motifs is 1. The summed E-state index contributed by atoms with van der Waals surface area (Å²) >= 11 is 0. The van der Waals surface area contributed by atoms with Gasteiger partial charge in [-0.05, 0) is 30.2 Å². The van der Waals surface area contributed by atoms with Crippen LogP contribution in [0.15, 0.2) is 61.3 Å². The van der Waals surface area contributed by atoms with Crippen LogP contribution >= 0.6 is 0 Å². The zero-order chi connectivity index (χ0) is 18.8. The zero-order valence-electron chi connectivity index (χ0n) is 15.2. The lowest BCUT2D eigenvalue weighted by molar-refractivity contribution is -0.115. The molecule has 0 spiro atoms. The van der Waals surface area contributed by atoms with Gasteiger partial charge in [-0.1, -0.05) is 43.0 Å². The van der Waals surface area contributed by atoms with Gasteiger partial charge < -0.3 is 15.0 Å². The van der Waals surface area contributed by atoms with Crippen LogP contribution in [0, 0.1) is 6.92 Å². The molecule has 3 aromatic rings. The minimum Gasteiger partial charge on any atom is -0.507 e. The van der Waals surface area contributed by atoms with Crippen LogP contribution in [0.25, 0.3) is 22.0 Å². The van der Waals surface area contributed by atoms with Crippen LogP contribution in [0.5, 0.6) is 5.75 Å². The molecule has 1 heterocycles. The quantitative estimate of drug-likeness (QED) is 0.553. The monoisotopic (exact) mass is 346 g/mol. The number of para-hydroxylation sites is 1. The van der Waals surface area contributed by atoms with E-state index in [-0.39, 0.29) is 11.7 Å². The molecule has 2 aromatic carbocycles. The lowest BCUT2D eigenvalue weighted by Gasteiger charge is -2.13. The van der Waals surface area contributed by atoms with Crippen molar-refractivity contribution in [1.82, 2.24) is 9.88 Å². The number of rotatable bonds is 4. The molecule has 0 aliphatic rings. The van der Waals surface area contributed by atoms with Crippen molar-refractivity contribution >= 4 is 28.0 Å². The van der Waals surface area contributed by atoms with Crippen LogP contribution in [-0.2, 0) is 11.8 Å². The van der Waals surface area contributed by atoms with Crippen LogP contribution in [0.1, 0.15) is 16.7 Å². The fourth-order valence-electron chi connectivity index (χ4n) is 3.27. The largest absolute Gasteiger partial charge is 0.507 e. The number of benzene rings is 2. The SMILES string of the molecule is C=C/C(=C(\C(=O)NC)c1cn(C)c2ccccc12)c1ccc(C)cc1O. The predicted molar refractivity (Wildman–Crippen MR) is 107 cm³/mol. The number of hydrogen-bond acceptors (Lipinski definition) is 2. The Labute approximate surface area is 153 Å². The molecule has 0 aliphatic carbocycles. The van der Waals surface area contributed by atoms with E-state index >= 15 is 0 Å². The summed E-state index contributed by atoms with van der Waals surface area (Å²) in [7, 11) is 3.55. The van der Waals surface area contributed by atoms with Crippen molar-refractivity contribution in [3.05, 3.63) is 78.0 Å². The smallest absolute Gasteiger partial charge is 0.252 e. The Bertz CT molecular complexity index is 1040. The Kier molecular flexibility index (Phi) is 4.67. The summed E-state index contributed by atoms with van der Waals surface area (Å²) in [5.41, 5.74) is 4.44. The zero-order valence-corrected chi connectivity index (χ0v) is 15.2. The summed E-state index contributed by atoms with van der Waals surface area (Å²) in [5, 5.41) is 14.1. The first kappa shape index (κ1) is 17.5. The van der Waals surface area contributed by atoms with E-state index in [2.05, 4.69) is 11.9 Å². The lowest BCUT2D eigenvalue weighted by Crippen LogP contribution is -2.20. The van der Waals surface area contributed by atoms with Crippen molar-refractivity contribution in [2.75, 3.05) is 7.05 Å². The number of aryl methyl sites for hydroxylation is 2. The van der Waals surface area contributed by atoms with E-state index in [0.29, 0.717) is 16.7 Å². The van der Waals surface area contributed by atoms with Crippen molar-refractivity contribution < 1.29 is 9.90 Å². The summed E-state index contributed by atoms with van der Waals surface area (Å²) in [6.45, 7) is 5.80. The molecule has 0 saturated carbocycles. The Hall–Kier alpha value is -3.27. The molecule has 0 bridgehead atoms. The molecule has 132 valence electrons. The second-order valence-corrected chi connectivity index (χ2v) is 6.26. The van der Waals surface area contributed by atoms with E-state index in [1.165, 1.54) is 0 Å². The Balaban J connectivity index is 2.39. The van der Waals surface area contributed by atoms with E-state index < -0.39 is 0 Å². The minimum atomic E-state index is -0.226. The summed E-state index contributed by atoms with van der Waals surface area (Å²) < 4.78 is 1.99. The lowest BCUT2D eigenvalue weighted by atomic mass is 9.92. The van der Waals surface area contributed by atoms with Gasteiger partial charge in [-0.15, -0.1) is 0 Å². The molecular formula is C22H22N2O2. The van der Waals surface area contributed by atoms with E-state index in [1.807, 2.05) is 61.1 Å². The van der Waals surface area contributed by atoms with Crippen LogP contribution in [-0.4, -0.2) is 22.6 Å². The summed E-state index contributed by atoms with van der Waals surface area (Å²) in [5.74, 6) is -0.0993. The molecule has 2 N–H and O–H groups in total. The molecule has 0 fully saturated rings. The van der Waals surface area contributed by atoms with Crippen LogP contribution in [0.2, 0.25) is 0 Å². The molecular weight excluding hydrogens is 324 g/mol. The van der Waals surface area contributed by atoms with Crippen LogP contribution in [0.4, 0.5) is 0 Å². The predicted octanol–water partition coefficient (Wildman–Crippen LogP) is 4.04. The van der Waals surface area contributed by atoms with Crippen molar-refractivity contribution in [3.8, 4) is 5.75 Å². The number of carbonyl (C=O) groups excluding carboxylic acids is 1. The highest BCUT2D eigenvalue weighted by Crippen LogP contribution is 2.36. The van der Waals surface area contributed by atoms with Crippen molar-refractivity contribution in [2.45, 2.75) is 6.92 Å². The molecule has 4 nitrogen and oxygen atoms in total. The first-order chi connectivity index (χ1) is 12.5. The van der Waals surface area contributed by atoms with Gasteiger partial charge in [-0.25, -0.2) is 0 Å². The molecule has 0 saturated heterocycles. The average Bonchev–Trinajstić information content (AvgIpc) is 2.96. The first-order valence-electron chi connectivity index (χ1n) is 8.41. The van der Waals surface area contributed by atoms with E-state index in [1.54, 1.807) is 19.2 Å². The maximum atomic E-state index is 12.8. The molecule has 0 radical (unpaired) electrons. The second-order valence-electron chi connectivity index (χ2n) is 6.26. The Morgan fingerprint density at radius 1 is 1.19 bits per heavy atom. The third-order valence-corrected chi connectivity index (χ3v) is 4.54. The number of amides is 1. The van der Waals surface area contributed by atoms with Gasteiger partial charge in [-0.2, -0.15) is 0 Å². The fourth-order valence-corrected chi connectivity index (χ4v) is 3.27. The first-order valence-corrected chi connectivity index (χ1v) is 8.41. The standard InChI is InChI=1S/C22H22N2O2/c1-5-15(17-11-10-14(2)12-20(17)25)21(22(26)23-3)18-13-24(4)19-9-7-6-8-16(18)19/h5-13,25H,1H2,2-4H3,(H,23,26)/b21-15+. The summed E-state index contributed by atoms with van der Waals surface area (Å²) in [4.78, 5) is 12.8. The van der Waals surface area contributed by atoms with Gasteiger partial charge in [0.15, 0.2) is 0 Å². The summed E-state index contributed by atoms with van der Waals surface area (Å²) in [6.07, 6.45) is 3.56. The number of likely N-dealkylation sites (N-methyl/N-ethyl adjacent to an activating group) is 1. The van der Waals surface area contributed by atoms with Crippen LogP contribution < -0.4 is 5.32 Å². The second kappa shape index (κ2) is 6.92.